The molecule has 1 rings (SSSR count). The topological polar surface area (TPSA) is 71.6 Å². The Morgan fingerprint density at radius 3 is 2.71 bits per heavy atom. The number of rotatable bonds is 8. The first kappa shape index (κ1) is 14.1. The lowest BCUT2D eigenvalue weighted by atomic mass is 10.2. The molecule has 0 unspecified atom stereocenters. The van der Waals surface area contributed by atoms with E-state index >= 15 is 0 Å². The molecule has 0 atom stereocenters. The number of aliphatic hydroxyl groups is 1. The predicted octanol–water partition coefficient (Wildman–Crippen LogP) is 0.634. The van der Waals surface area contributed by atoms with E-state index in [1.165, 1.54) is 0 Å². The predicted molar refractivity (Wildman–Crippen MR) is 62.6 cm³/mol. The molecule has 1 aromatic rings. The van der Waals surface area contributed by atoms with Crippen LogP contribution in [0.15, 0.2) is 4.52 Å². The fourth-order valence-electron chi connectivity index (χ4n) is 1.39. The lowest BCUT2D eigenvalue weighted by molar-refractivity contribution is 0.118. The molecule has 0 saturated carbocycles. The van der Waals surface area contributed by atoms with Gasteiger partial charge < -0.3 is 14.4 Å². The van der Waals surface area contributed by atoms with Crippen molar-refractivity contribution in [3.8, 4) is 0 Å². The van der Waals surface area contributed by atoms with Crippen molar-refractivity contribution < 1.29 is 14.4 Å². The highest BCUT2D eigenvalue weighted by Gasteiger charge is 2.13. The SMILES string of the molecule is COCCN(CCO)Cc1nc(C(C)C)no1. The van der Waals surface area contributed by atoms with Crippen molar-refractivity contribution in [1.29, 1.82) is 0 Å². The van der Waals surface area contributed by atoms with Gasteiger partial charge in [0.2, 0.25) is 5.89 Å². The van der Waals surface area contributed by atoms with E-state index in [1.54, 1.807) is 7.11 Å². The third-order valence-corrected chi connectivity index (χ3v) is 2.39. The van der Waals surface area contributed by atoms with Crippen LogP contribution in [0, 0.1) is 0 Å². The largest absolute Gasteiger partial charge is 0.395 e. The van der Waals surface area contributed by atoms with Crippen LogP contribution in [0.2, 0.25) is 0 Å². The van der Waals surface area contributed by atoms with E-state index in [0.717, 1.165) is 12.4 Å². The second-order valence-corrected chi connectivity index (χ2v) is 4.19. The fourth-order valence-corrected chi connectivity index (χ4v) is 1.39. The first-order valence-corrected chi connectivity index (χ1v) is 5.82. The van der Waals surface area contributed by atoms with Gasteiger partial charge in [-0.25, -0.2) is 0 Å². The van der Waals surface area contributed by atoms with Gasteiger partial charge in [0.25, 0.3) is 0 Å². The average Bonchev–Trinajstić information content (AvgIpc) is 2.75. The normalized spacial score (nSPS) is 11.6. The number of hydrogen-bond acceptors (Lipinski definition) is 6. The summed E-state index contributed by atoms with van der Waals surface area (Å²) < 4.78 is 10.2. The van der Waals surface area contributed by atoms with Crippen molar-refractivity contribution >= 4 is 0 Å². The Morgan fingerprint density at radius 1 is 1.41 bits per heavy atom. The summed E-state index contributed by atoms with van der Waals surface area (Å²) in [5.41, 5.74) is 0. The molecule has 0 saturated heterocycles. The maximum atomic E-state index is 8.96. The molecule has 6 nitrogen and oxygen atoms in total. The number of methoxy groups -OCH3 is 1. The Balaban J connectivity index is 2.52. The van der Waals surface area contributed by atoms with Crippen LogP contribution in [-0.2, 0) is 11.3 Å². The minimum atomic E-state index is 0.106. The van der Waals surface area contributed by atoms with Gasteiger partial charge in [-0.3, -0.25) is 4.90 Å². The van der Waals surface area contributed by atoms with Gasteiger partial charge in [0.1, 0.15) is 0 Å². The Morgan fingerprint density at radius 2 is 2.18 bits per heavy atom. The van der Waals surface area contributed by atoms with E-state index in [-0.39, 0.29) is 12.5 Å². The van der Waals surface area contributed by atoms with Crippen LogP contribution in [0.4, 0.5) is 0 Å². The molecular formula is C11H21N3O3. The summed E-state index contributed by atoms with van der Waals surface area (Å²) in [5.74, 6) is 1.56. The summed E-state index contributed by atoms with van der Waals surface area (Å²) in [6.07, 6.45) is 0. The highest BCUT2D eigenvalue weighted by atomic mass is 16.5. The van der Waals surface area contributed by atoms with Crippen LogP contribution < -0.4 is 0 Å². The van der Waals surface area contributed by atoms with Crippen LogP contribution in [0.3, 0.4) is 0 Å². The molecule has 1 heterocycles. The van der Waals surface area contributed by atoms with E-state index < -0.39 is 0 Å². The van der Waals surface area contributed by atoms with Crippen molar-refractivity contribution in [3.05, 3.63) is 11.7 Å². The molecule has 1 N–H and O–H groups in total. The Labute approximate surface area is 102 Å². The summed E-state index contributed by atoms with van der Waals surface area (Å²) in [7, 11) is 1.65. The number of hydrogen-bond donors (Lipinski definition) is 1. The zero-order chi connectivity index (χ0) is 12.7. The molecule has 0 bridgehead atoms. The Hall–Kier alpha value is -0.980. The quantitative estimate of drug-likeness (QED) is 0.722. The smallest absolute Gasteiger partial charge is 0.240 e. The van der Waals surface area contributed by atoms with Crippen LogP contribution in [0.5, 0.6) is 0 Å². The third kappa shape index (κ3) is 4.80. The number of nitrogens with zero attached hydrogens (tertiary/aromatic N) is 3. The maximum Gasteiger partial charge on any atom is 0.240 e. The van der Waals surface area contributed by atoms with E-state index in [4.69, 9.17) is 14.4 Å². The number of aliphatic hydroxyl groups excluding tert-OH is 1. The standard InChI is InChI=1S/C11H21N3O3/c1-9(2)11-12-10(17-13-11)8-14(4-6-15)5-7-16-3/h9,15H,4-8H2,1-3H3. The molecule has 6 heteroatoms. The van der Waals surface area contributed by atoms with Gasteiger partial charge in [0.05, 0.1) is 19.8 Å². The first-order chi connectivity index (χ1) is 8.17. The summed E-state index contributed by atoms with van der Waals surface area (Å²) in [6.45, 7) is 6.61. The second kappa shape index (κ2) is 7.37. The van der Waals surface area contributed by atoms with Crippen molar-refractivity contribution in [3.63, 3.8) is 0 Å². The van der Waals surface area contributed by atoms with Crippen LogP contribution in [-0.4, -0.2) is 53.6 Å². The number of aromatic nitrogens is 2. The lowest BCUT2D eigenvalue weighted by Crippen LogP contribution is -2.30. The van der Waals surface area contributed by atoms with Crippen molar-refractivity contribution in [2.45, 2.75) is 26.3 Å². The molecule has 0 spiro atoms. The van der Waals surface area contributed by atoms with Gasteiger partial charge in [0, 0.05) is 26.1 Å². The fraction of sp³-hybridized carbons (Fsp3) is 0.818. The second-order valence-electron chi connectivity index (χ2n) is 4.19. The molecule has 0 aliphatic heterocycles. The molecule has 0 aromatic carbocycles. The molecular weight excluding hydrogens is 222 g/mol. The van der Waals surface area contributed by atoms with Gasteiger partial charge in [-0.2, -0.15) is 4.98 Å². The summed E-state index contributed by atoms with van der Waals surface area (Å²) in [4.78, 5) is 6.31. The maximum absolute atomic E-state index is 8.96. The highest BCUT2D eigenvalue weighted by Crippen LogP contribution is 2.10. The van der Waals surface area contributed by atoms with E-state index in [1.807, 2.05) is 18.7 Å². The first-order valence-electron chi connectivity index (χ1n) is 5.82. The molecule has 0 aliphatic rings. The van der Waals surface area contributed by atoms with E-state index in [0.29, 0.717) is 25.6 Å². The summed E-state index contributed by atoms with van der Waals surface area (Å²) in [5, 5.41) is 12.9. The number of ether oxygens (including phenoxy) is 1. The summed E-state index contributed by atoms with van der Waals surface area (Å²) >= 11 is 0. The zero-order valence-electron chi connectivity index (χ0n) is 10.7. The van der Waals surface area contributed by atoms with Crippen LogP contribution in [0.25, 0.3) is 0 Å². The van der Waals surface area contributed by atoms with Gasteiger partial charge >= 0.3 is 0 Å². The van der Waals surface area contributed by atoms with Gasteiger partial charge in [0.15, 0.2) is 5.82 Å². The minimum absolute atomic E-state index is 0.106. The molecule has 0 fully saturated rings. The highest BCUT2D eigenvalue weighted by molar-refractivity contribution is 4.91. The minimum Gasteiger partial charge on any atom is -0.395 e. The van der Waals surface area contributed by atoms with E-state index in [9.17, 15) is 0 Å². The van der Waals surface area contributed by atoms with Crippen molar-refractivity contribution in [1.82, 2.24) is 15.0 Å². The average molecular weight is 243 g/mol. The molecule has 1 aromatic heterocycles. The third-order valence-electron chi connectivity index (χ3n) is 2.39. The monoisotopic (exact) mass is 243 g/mol. The van der Waals surface area contributed by atoms with E-state index in [2.05, 4.69) is 10.1 Å². The van der Waals surface area contributed by atoms with Gasteiger partial charge in [-0.15, -0.1) is 0 Å². The van der Waals surface area contributed by atoms with Gasteiger partial charge in [-0.1, -0.05) is 19.0 Å². The summed E-state index contributed by atoms with van der Waals surface area (Å²) in [6, 6.07) is 0. The van der Waals surface area contributed by atoms with Crippen molar-refractivity contribution in [2.24, 2.45) is 0 Å². The van der Waals surface area contributed by atoms with Crippen LogP contribution in [0.1, 0.15) is 31.5 Å². The van der Waals surface area contributed by atoms with Crippen molar-refractivity contribution in [2.75, 3.05) is 33.4 Å². The molecule has 98 valence electrons. The molecule has 0 amide bonds. The zero-order valence-corrected chi connectivity index (χ0v) is 10.7. The molecule has 0 radical (unpaired) electrons. The lowest BCUT2D eigenvalue weighted by Gasteiger charge is -2.18. The van der Waals surface area contributed by atoms with Crippen LogP contribution >= 0.6 is 0 Å². The Kier molecular flexibility index (Phi) is 6.10. The molecule has 17 heavy (non-hydrogen) atoms. The molecule has 0 aliphatic carbocycles. The van der Waals surface area contributed by atoms with Gasteiger partial charge in [-0.05, 0) is 0 Å². The Bertz CT molecular complexity index is 315.